The summed E-state index contributed by atoms with van der Waals surface area (Å²) in [7, 11) is 0. The first-order chi connectivity index (χ1) is 10.6. The van der Waals surface area contributed by atoms with Gasteiger partial charge in [-0.25, -0.2) is 4.79 Å². The molecule has 0 fully saturated rings. The quantitative estimate of drug-likeness (QED) is 0.780. The fourth-order valence-electron chi connectivity index (χ4n) is 2.38. The van der Waals surface area contributed by atoms with Crippen molar-refractivity contribution in [2.24, 2.45) is 0 Å². The Labute approximate surface area is 131 Å². The molecule has 0 saturated heterocycles. The smallest absolute Gasteiger partial charge is 0.319 e. The standard InChI is InChI=1S/C16H14N2O3S/c1-2-7-17-16(21)18-11-8-22-15-12(11)13(19)9-5-3-4-6-10(9)14(15)20/h3-6,8H,2,7H2,1H3,(H2,17,18,21). The highest BCUT2D eigenvalue weighted by atomic mass is 32.1. The van der Waals surface area contributed by atoms with E-state index >= 15 is 0 Å². The van der Waals surface area contributed by atoms with Gasteiger partial charge in [-0.2, -0.15) is 0 Å². The number of nitrogens with one attached hydrogen (secondary N) is 2. The number of ketones is 2. The molecular formula is C16H14N2O3S. The minimum absolute atomic E-state index is 0.169. The Balaban J connectivity index is 1.96. The maximum Gasteiger partial charge on any atom is 0.319 e. The summed E-state index contributed by atoms with van der Waals surface area (Å²) < 4.78 is 0. The molecule has 0 unspecified atom stereocenters. The van der Waals surface area contributed by atoms with Gasteiger partial charge in [-0.05, 0) is 6.42 Å². The minimum Gasteiger partial charge on any atom is -0.338 e. The molecule has 0 spiro atoms. The predicted molar refractivity (Wildman–Crippen MR) is 84.9 cm³/mol. The number of hydrogen-bond acceptors (Lipinski definition) is 4. The van der Waals surface area contributed by atoms with Crippen LogP contribution in [0.3, 0.4) is 0 Å². The summed E-state index contributed by atoms with van der Waals surface area (Å²) in [4.78, 5) is 37.2. The van der Waals surface area contributed by atoms with Crippen LogP contribution in [0.25, 0.3) is 0 Å². The molecule has 22 heavy (non-hydrogen) atoms. The first-order valence-electron chi connectivity index (χ1n) is 6.98. The Kier molecular flexibility index (Phi) is 3.77. The first-order valence-corrected chi connectivity index (χ1v) is 7.86. The SMILES string of the molecule is CCCNC(=O)Nc1csc2c1C(=O)c1ccccc1C2=O. The molecule has 0 bridgehead atoms. The van der Waals surface area contributed by atoms with Crippen LogP contribution in [0.1, 0.15) is 44.5 Å². The van der Waals surface area contributed by atoms with Gasteiger partial charge in [0, 0.05) is 23.1 Å². The van der Waals surface area contributed by atoms with Gasteiger partial charge in [-0.3, -0.25) is 9.59 Å². The van der Waals surface area contributed by atoms with Crippen molar-refractivity contribution in [2.45, 2.75) is 13.3 Å². The van der Waals surface area contributed by atoms with Crippen LogP contribution in [0.4, 0.5) is 10.5 Å². The molecule has 2 aromatic rings. The van der Waals surface area contributed by atoms with Gasteiger partial charge in [0.15, 0.2) is 5.78 Å². The Morgan fingerprint density at radius 3 is 2.50 bits per heavy atom. The number of rotatable bonds is 3. The highest BCUT2D eigenvalue weighted by molar-refractivity contribution is 7.13. The van der Waals surface area contributed by atoms with Crippen LogP contribution in [0.15, 0.2) is 29.6 Å². The Morgan fingerprint density at radius 2 is 1.82 bits per heavy atom. The Bertz CT molecular complexity index is 779. The van der Waals surface area contributed by atoms with Gasteiger partial charge in [0.1, 0.15) is 0 Å². The van der Waals surface area contributed by atoms with Crippen LogP contribution in [0.5, 0.6) is 0 Å². The molecule has 3 rings (SSSR count). The minimum atomic E-state index is -0.374. The van der Waals surface area contributed by atoms with E-state index < -0.39 is 0 Å². The molecule has 1 aliphatic rings. The topological polar surface area (TPSA) is 75.3 Å². The van der Waals surface area contributed by atoms with Gasteiger partial charge in [-0.15, -0.1) is 11.3 Å². The van der Waals surface area contributed by atoms with Crippen molar-refractivity contribution < 1.29 is 14.4 Å². The van der Waals surface area contributed by atoms with Crippen LogP contribution in [-0.2, 0) is 0 Å². The summed E-state index contributed by atoms with van der Waals surface area (Å²) in [6, 6.07) is 6.38. The number of hydrogen-bond donors (Lipinski definition) is 2. The summed E-state index contributed by atoms with van der Waals surface area (Å²) in [5, 5.41) is 6.97. The third-order valence-corrected chi connectivity index (χ3v) is 4.40. The monoisotopic (exact) mass is 314 g/mol. The lowest BCUT2D eigenvalue weighted by atomic mass is 9.88. The highest BCUT2D eigenvalue weighted by Crippen LogP contribution is 2.36. The van der Waals surface area contributed by atoms with E-state index in [9.17, 15) is 14.4 Å². The Morgan fingerprint density at radius 1 is 1.14 bits per heavy atom. The van der Waals surface area contributed by atoms with Gasteiger partial charge in [0.25, 0.3) is 0 Å². The Hall–Kier alpha value is -2.47. The number of anilines is 1. The zero-order valence-electron chi connectivity index (χ0n) is 11.9. The summed E-state index contributed by atoms with van der Waals surface area (Å²) in [6.45, 7) is 2.50. The van der Waals surface area contributed by atoms with Crippen molar-refractivity contribution >= 4 is 34.6 Å². The first kappa shape index (κ1) is 14.5. The summed E-state index contributed by atoms with van der Waals surface area (Å²) in [5.74, 6) is -0.394. The number of urea groups is 1. The summed E-state index contributed by atoms with van der Waals surface area (Å²) in [6.07, 6.45) is 0.819. The number of carbonyl (C=O) groups is 3. The number of carbonyl (C=O) groups excluding carboxylic acids is 3. The van der Waals surface area contributed by atoms with Crippen LogP contribution >= 0.6 is 11.3 Å². The molecule has 0 atom stereocenters. The highest BCUT2D eigenvalue weighted by Gasteiger charge is 2.33. The van der Waals surface area contributed by atoms with E-state index in [1.54, 1.807) is 29.6 Å². The lowest BCUT2D eigenvalue weighted by Crippen LogP contribution is -2.30. The van der Waals surface area contributed by atoms with Gasteiger partial charge in [0.2, 0.25) is 5.78 Å². The molecule has 1 aromatic heterocycles. The van der Waals surface area contributed by atoms with E-state index in [2.05, 4.69) is 10.6 Å². The van der Waals surface area contributed by atoms with Crippen molar-refractivity contribution in [1.29, 1.82) is 0 Å². The van der Waals surface area contributed by atoms with E-state index in [-0.39, 0.29) is 17.6 Å². The van der Waals surface area contributed by atoms with Crippen LogP contribution in [0, 0.1) is 0 Å². The summed E-state index contributed by atoms with van der Waals surface area (Å²) >= 11 is 1.18. The van der Waals surface area contributed by atoms with E-state index in [0.717, 1.165) is 6.42 Å². The fraction of sp³-hybridized carbons (Fsp3) is 0.188. The molecular weight excluding hydrogens is 300 g/mol. The maximum absolute atomic E-state index is 12.6. The molecule has 1 aromatic carbocycles. The molecule has 1 aliphatic carbocycles. The molecule has 2 N–H and O–H groups in total. The molecule has 0 saturated carbocycles. The van der Waals surface area contributed by atoms with Crippen molar-refractivity contribution in [1.82, 2.24) is 5.32 Å². The van der Waals surface area contributed by atoms with Gasteiger partial charge < -0.3 is 10.6 Å². The number of fused-ring (bicyclic) bond motifs is 2. The van der Waals surface area contributed by atoms with Crippen molar-refractivity contribution in [3.63, 3.8) is 0 Å². The molecule has 1 heterocycles. The van der Waals surface area contributed by atoms with Gasteiger partial charge >= 0.3 is 6.03 Å². The largest absolute Gasteiger partial charge is 0.338 e. The van der Waals surface area contributed by atoms with E-state index in [1.165, 1.54) is 11.3 Å². The molecule has 2 amide bonds. The zero-order valence-corrected chi connectivity index (χ0v) is 12.8. The predicted octanol–water partition coefficient (Wildman–Crippen LogP) is 3.06. The maximum atomic E-state index is 12.6. The van der Waals surface area contributed by atoms with Crippen molar-refractivity contribution in [2.75, 3.05) is 11.9 Å². The van der Waals surface area contributed by atoms with E-state index in [1.807, 2.05) is 6.92 Å². The normalized spacial score (nSPS) is 12.6. The lowest BCUT2D eigenvalue weighted by molar-refractivity contribution is 0.0983. The van der Waals surface area contributed by atoms with Crippen LogP contribution in [0.2, 0.25) is 0 Å². The molecule has 5 nitrogen and oxygen atoms in total. The second-order valence-corrected chi connectivity index (χ2v) is 5.82. The third-order valence-electron chi connectivity index (χ3n) is 3.42. The second kappa shape index (κ2) is 5.73. The fourth-order valence-corrected chi connectivity index (χ4v) is 3.33. The zero-order chi connectivity index (χ0) is 15.7. The van der Waals surface area contributed by atoms with E-state index in [4.69, 9.17) is 0 Å². The van der Waals surface area contributed by atoms with Gasteiger partial charge in [0.05, 0.1) is 16.1 Å². The number of thiophene rings is 1. The van der Waals surface area contributed by atoms with Crippen molar-refractivity contribution in [3.05, 3.63) is 51.2 Å². The van der Waals surface area contributed by atoms with Crippen molar-refractivity contribution in [3.8, 4) is 0 Å². The van der Waals surface area contributed by atoms with Crippen LogP contribution in [-0.4, -0.2) is 24.1 Å². The molecule has 6 heteroatoms. The molecule has 0 radical (unpaired) electrons. The van der Waals surface area contributed by atoms with Crippen LogP contribution < -0.4 is 10.6 Å². The lowest BCUT2D eigenvalue weighted by Gasteiger charge is -2.15. The summed E-state index contributed by atoms with van der Waals surface area (Å²) in [5.41, 5.74) is 1.49. The molecule has 0 aliphatic heterocycles. The number of benzene rings is 1. The molecule has 112 valence electrons. The average molecular weight is 314 g/mol. The second-order valence-electron chi connectivity index (χ2n) is 4.94. The third kappa shape index (κ3) is 2.31. The van der Waals surface area contributed by atoms with E-state index in [0.29, 0.717) is 33.8 Å². The number of amides is 2. The van der Waals surface area contributed by atoms with Gasteiger partial charge in [-0.1, -0.05) is 31.2 Å². The average Bonchev–Trinajstić information content (AvgIpc) is 2.94.